The van der Waals surface area contributed by atoms with Gasteiger partial charge in [-0.2, -0.15) is 5.10 Å². The molecule has 0 amide bonds. The minimum atomic E-state index is -0.123. The third kappa shape index (κ3) is 1.63. The first-order valence-corrected chi connectivity index (χ1v) is 4.26. The van der Waals surface area contributed by atoms with Gasteiger partial charge >= 0.3 is 0 Å². The predicted molar refractivity (Wildman–Crippen MR) is 50.3 cm³/mol. The zero-order chi connectivity index (χ0) is 6.85. The third-order valence-electron chi connectivity index (χ3n) is 0.753. The first kappa shape index (κ1) is 7.45. The van der Waals surface area contributed by atoms with Crippen molar-refractivity contribution in [1.82, 2.24) is 10.2 Å². The van der Waals surface area contributed by atoms with Crippen LogP contribution in [0.3, 0.4) is 0 Å². The lowest BCUT2D eigenvalue weighted by Gasteiger charge is -1.88. The SMILES string of the molecule is O=c1[nH]ncc(I)c1I. The highest BCUT2D eigenvalue weighted by Crippen LogP contribution is 2.06. The maximum atomic E-state index is 10.7. The van der Waals surface area contributed by atoms with Gasteiger partial charge in [0.1, 0.15) is 0 Å². The van der Waals surface area contributed by atoms with E-state index in [0.717, 1.165) is 3.57 Å². The Morgan fingerprint density at radius 2 is 2.22 bits per heavy atom. The average Bonchev–Trinajstić information content (AvgIpc) is 1.83. The highest BCUT2D eigenvalue weighted by atomic mass is 127. The number of H-pyrrole nitrogens is 1. The second-order valence-corrected chi connectivity index (χ2v) is 3.60. The summed E-state index contributed by atoms with van der Waals surface area (Å²) >= 11 is 4.04. The lowest BCUT2D eigenvalue weighted by Crippen LogP contribution is -2.12. The molecule has 0 radical (unpaired) electrons. The standard InChI is InChI=1S/C4H2I2N2O/c5-2-1-7-8-4(9)3(2)6/h1H,(H,8,9). The van der Waals surface area contributed by atoms with Crippen molar-refractivity contribution in [2.75, 3.05) is 0 Å². The van der Waals surface area contributed by atoms with E-state index < -0.39 is 0 Å². The van der Waals surface area contributed by atoms with E-state index in [1.165, 1.54) is 0 Å². The number of rotatable bonds is 0. The van der Waals surface area contributed by atoms with Crippen LogP contribution in [0.15, 0.2) is 11.0 Å². The molecule has 0 saturated carbocycles. The molecular formula is C4H2I2N2O. The van der Waals surface area contributed by atoms with Gasteiger partial charge in [-0.25, -0.2) is 5.10 Å². The molecule has 1 aromatic rings. The van der Waals surface area contributed by atoms with E-state index in [9.17, 15) is 4.79 Å². The molecule has 1 N–H and O–H groups in total. The fourth-order valence-corrected chi connectivity index (χ4v) is 1.01. The molecule has 0 saturated heterocycles. The molecule has 1 heterocycles. The van der Waals surface area contributed by atoms with Crippen LogP contribution in [0.2, 0.25) is 0 Å². The van der Waals surface area contributed by atoms with Gasteiger partial charge in [0.05, 0.1) is 13.3 Å². The van der Waals surface area contributed by atoms with Gasteiger partial charge < -0.3 is 0 Å². The second-order valence-electron chi connectivity index (χ2n) is 1.36. The molecule has 0 aliphatic rings. The molecule has 48 valence electrons. The van der Waals surface area contributed by atoms with Gasteiger partial charge in [-0.15, -0.1) is 0 Å². The van der Waals surface area contributed by atoms with Crippen molar-refractivity contribution >= 4 is 45.2 Å². The minimum Gasteiger partial charge on any atom is -0.267 e. The van der Waals surface area contributed by atoms with Crippen LogP contribution >= 0.6 is 45.2 Å². The van der Waals surface area contributed by atoms with E-state index in [0.29, 0.717) is 3.57 Å². The van der Waals surface area contributed by atoms with Gasteiger partial charge in [0, 0.05) is 0 Å². The molecule has 5 heteroatoms. The van der Waals surface area contributed by atoms with Crippen LogP contribution in [0.1, 0.15) is 0 Å². The predicted octanol–water partition coefficient (Wildman–Crippen LogP) is 0.979. The summed E-state index contributed by atoms with van der Waals surface area (Å²) in [6.45, 7) is 0. The zero-order valence-electron chi connectivity index (χ0n) is 4.19. The number of hydrogen-bond donors (Lipinski definition) is 1. The Kier molecular flexibility index (Phi) is 2.44. The Morgan fingerprint density at radius 1 is 1.56 bits per heavy atom. The second kappa shape index (κ2) is 2.95. The summed E-state index contributed by atoms with van der Waals surface area (Å²) in [5.74, 6) is 0. The van der Waals surface area contributed by atoms with Crippen molar-refractivity contribution < 1.29 is 0 Å². The summed E-state index contributed by atoms with van der Waals surface area (Å²) < 4.78 is 1.58. The maximum Gasteiger partial charge on any atom is 0.278 e. The van der Waals surface area contributed by atoms with Gasteiger partial charge in [-0.1, -0.05) is 0 Å². The van der Waals surface area contributed by atoms with Gasteiger partial charge in [0.2, 0.25) is 0 Å². The number of nitrogens with one attached hydrogen (secondary N) is 1. The summed E-state index contributed by atoms with van der Waals surface area (Å²) in [4.78, 5) is 10.7. The summed E-state index contributed by atoms with van der Waals surface area (Å²) in [6, 6.07) is 0. The fourth-order valence-electron chi connectivity index (χ4n) is 0.362. The molecule has 0 aromatic carbocycles. The molecule has 0 bridgehead atoms. The van der Waals surface area contributed by atoms with Gasteiger partial charge in [0.25, 0.3) is 5.56 Å². The molecule has 0 unspecified atom stereocenters. The van der Waals surface area contributed by atoms with Gasteiger partial charge in [0.15, 0.2) is 0 Å². The topological polar surface area (TPSA) is 45.8 Å². The van der Waals surface area contributed by atoms with Crippen molar-refractivity contribution in [2.24, 2.45) is 0 Å². The molecule has 0 atom stereocenters. The van der Waals surface area contributed by atoms with Crippen molar-refractivity contribution in [2.45, 2.75) is 0 Å². The quantitative estimate of drug-likeness (QED) is 0.711. The molecule has 1 aromatic heterocycles. The van der Waals surface area contributed by atoms with Crippen LogP contribution in [0.5, 0.6) is 0 Å². The summed E-state index contributed by atoms with van der Waals surface area (Å²) in [5.41, 5.74) is -0.123. The monoisotopic (exact) mass is 348 g/mol. The number of halogens is 2. The third-order valence-corrected chi connectivity index (χ3v) is 3.67. The Hall–Kier alpha value is 0.340. The molecule has 0 aliphatic carbocycles. The molecular weight excluding hydrogens is 346 g/mol. The highest BCUT2D eigenvalue weighted by molar-refractivity contribution is 14.1. The van der Waals surface area contributed by atoms with E-state index in [1.807, 2.05) is 22.6 Å². The number of aromatic nitrogens is 2. The van der Waals surface area contributed by atoms with Gasteiger partial charge in [-0.05, 0) is 45.2 Å². The van der Waals surface area contributed by atoms with E-state index in [1.54, 1.807) is 6.20 Å². The van der Waals surface area contributed by atoms with Crippen LogP contribution in [0.25, 0.3) is 0 Å². The van der Waals surface area contributed by atoms with E-state index in [4.69, 9.17) is 0 Å². The minimum absolute atomic E-state index is 0.123. The van der Waals surface area contributed by atoms with Gasteiger partial charge in [-0.3, -0.25) is 4.79 Å². The molecule has 0 spiro atoms. The normalized spacial score (nSPS) is 9.56. The zero-order valence-corrected chi connectivity index (χ0v) is 8.50. The van der Waals surface area contributed by atoms with Crippen LogP contribution < -0.4 is 5.56 Å². The summed E-state index contributed by atoms with van der Waals surface area (Å²) in [5, 5.41) is 5.92. The molecule has 9 heavy (non-hydrogen) atoms. The number of aromatic amines is 1. The lowest BCUT2D eigenvalue weighted by atomic mass is 10.6. The van der Waals surface area contributed by atoms with Crippen LogP contribution in [0.4, 0.5) is 0 Å². The van der Waals surface area contributed by atoms with E-state index in [-0.39, 0.29) is 5.56 Å². The Morgan fingerprint density at radius 3 is 2.67 bits per heavy atom. The van der Waals surface area contributed by atoms with Crippen molar-refractivity contribution in [3.05, 3.63) is 23.7 Å². The fraction of sp³-hybridized carbons (Fsp3) is 0. The largest absolute Gasteiger partial charge is 0.278 e. The van der Waals surface area contributed by atoms with Crippen molar-refractivity contribution in [3.8, 4) is 0 Å². The number of hydrogen-bond acceptors (Lipinski definition) is 2. The van der Waals surface area contributed by atoms with Crippen molar-refractivity contribution in [3.63, 3.8) is 0 Å². The average molecular weight is 348 g/mol. The Bertz CT molecular complexity index is 270. The molecule has 0 fully saturated rings. The van der Waals surface area contributed by atoms with Crippen molar-refractivity contribution in [1.29, 1.82) is 0 Å². The summed E-state index contributed by atoms with van der Waals surface area (Å²) in [6.07, 6.45) is 1.61. The highest BCUT2D eigenvalue weighted by Gasteiger charge is 1.97. The number of nitrogens with zero attached hydrogens (tertiary/aromatic N) is 1. The molecule has 0 aliphatic heterocycles. The summed E-state index contributed by atoms with van der Waals surface area (Å²) in [7, 11) is 0. The van der Waals surface area contributed by atoms with Crippen LogP contribution in [-0.2, 0) is 0 Å². The van der Waals surface area contributed by atoms with Crippen LogP contribution in [-0.4, -0.2) is 10.2 Å². The van der Waals surface area contributed by atoms with E-state index in [2.05, 4.69) is 32.8 Å². The Balaban J connectivity index is 3.43. The van der Waals surface area contributed by atoms with Crippen LogP contribution in [0, 0.1) is 7.14 Å². The maximum absolute atomic E-state index is 10.7. The molecule has 1 rings (SSSR count). The first-order chi connectivity index (χ1) is 4.22. The smallest absolute Gasteiger partial charge is 0.267 e. The molecule has 3 nitrogen and oxygen atoms in total. The first-order valence-electron chi connectivity index (χ1n) is 2.10. The lowest BCUT2D eigenvalue weighted by molar-refractivity contribution is 0.968. The Labute approximate surface area is 78.5 Å². The van der Waals surface area contributed by atoms with E-state index >= 15 is 0 Å².